The third-order valence-electron chi connectivity index (χ3n) is 3.12. The second kappa shape index (κ2) is 4.61. The Labute approximate surface area is 111 Å². The van der Waals surface area contributed by atoms with Gasteiger partial charge >= 0.3 is 0 Å². The lowest BCUT2D eigenvalue weighted by atomic mass is 10.0. The second-order valence-corrected chi connectivity index (χ2v) is 4.33. The number of carbonyl (C=O) groups is 1. The molecule has 3 nitrogen and oxygen atoms in total. The Morgan fingerprint density at radius 2 is 1.89 bits per heavy atom. The Hall–Kier alpha value is -2.55. The number of ether oxygens (including phenoxy) is 1. The van der Waals surface area contributed by atoms with Crippen LogP contribution in [0.1, 0.15) is 11.1 Å². The molecule has 1 aliphatic rings. The quantitative estimate of drug-likeness (QED) is 0.832. The predicted molar refractivity (Wildman–Crippen MR) is 75.9 cm³/mol. The predicted octanol–water partition coefficient (Wildman–Crippen LogP) is 3.19. The molecule has 0 saturated carbocycles. The van der Waals surface area contributed by atoms with Gasteiger partial charge in [-0.05, 0) is 29.8 Å². The molecular weight excluding hydrogens is 238 g/mol. The summed E-state index contributed by atoms with van der Waals surface area (Å²) in [6.07, 6.45) is 1.89. The topological polar surface area (TPSA) is 38.3 Å². The van der Waals surface area contributed by atoms with Crippen molar-refractivity contribution in [2.75, 3.05) is 12.4 Å². The molecule has 2 aromatic rings. The minimum absolute atomic E-state index is 0.0768. The van der Waals surface area contributed by atoms with Gasteiger partial charge in [0.25, 0.3) is 5.91 Å². The first-order valence-corrected chi connectivity index (χ1v) is 6.04. The number of rotatable bonds is 2. The zero-order valence-electron chi connectivity index (χ0n) is 10.5. The fraction of sp³-hybridized carbons (Fsp3) is 0.0625. The van der Waals surface area contributed by atoms with E-state index in [2.05, 4.69) is 5.32 Å². The minimum atomic E-state index is -0.0768. The maximum Gasteiger partial charge on any atom is 0.256 e. The number of benzene rings is 2. The molecule has 0 saturated heterocycles. The van der Waals surface area contributed by atoms with Crippen LogP contribution < -0.4 is 10.1 Å². The van der Waals surface area contributed by atoms with Gasteiger partial charge in [0.15, 0.2) is 0 Å². The number of hydrogen-bond donors (Lipinski definition) is 1. The maximum atomic E-state index is 12.0. The summed E-state index contributed by atoms with van der Waals surface area (Å²) in [4.78, 5) is 12.0. The van der Waals surface area contributed by atoms with Crippen molar-refractivity contribution in [2.45, 2.75) is 0 Å². The molecule has 0 bridgehead atoms. The van der Waals surface area contributed by atoms with Crippen LogP contribution in [0, 0.1) is 0 Å². The maximum absolute atomic E-state index is 12.0. The van der Waals surface area contributed by atoms with E-state index in [0.717, 1.165) is 22.6 Å². The molecule has 0 atom stereocenters. The van der Waals surface area contributed by atoms with Crippen LogP contribution in [0.3, 0.4) is 0 Å². The Kier molecular flexibility index (Phi) is 2.80. The first-order valence-electron chi connectivity index (χ1n) is 6.04. The molecule has 0 spiro atoms. The first kappa shape index (κ1) is 11.5. The zero-order valence-corrected chi connectivity index (χ0v) is 10.5. The molecule has 0 aliphatic carbocycles. The van der Waals surface area contributed by atoms with E-state index >= 15 is 0 Å². The van der Waals surface area contributed by atoms with E-state index in [-0.39, 0.29) is 5.91 Å². The monoisotopic (exact) mass is 251 g/mol. The van der Waals surface area contributed by atoms with Gasteiger partial charge in [-0.3, -0.25) is 4.79 Å². The number of nitrogens with one attached hydrogen (secondary N) is 1. The molecule has 2 aromatic carbocycles. The molecule has 0 aromatic heterocycles. The molecule has 0 unspecified atom stereocenters. The van der Waals surface area contributed by atoms with Gasteiger partial charge in [0.1, 0.15) is 5.75 Å². The van der Waals surface area contributed by atoms with Crippen LogP contribution in [-0.4, -0.2) is 13.0 Å². The molecule has 1 heterocycles. The highest BCUT2D eigenvalue weighted by atomic mass is 16.5. The van der Waals surface area contributed by atoms with Crippen molar-refractivity contribution in [2.24, 2.45) is 0 Å². The SMILES string of the molecule is COc1ccc2c(c1)/C(=C\c1ccccc1)C(=O)N2. The van der Waals surface area contributed by atoms with Crippen LogP contribution in [0.15, 0.2) is 48.5 Å². The van der Waals surface area contributed by atoms with Crippen molar-refractivity contribution in [1.29, 1.82) is 0 Å². The van der Waals surface area contributed by atoms with E-state index in [4.69, 9.17) is 4.74 Å². The van der Waals surface area contributed by atoms with Gasteiger partial charge < -0.3 is 10.1 Å². The summed E-state index contributed by atoms with van der Waals surface area (Å²) in [5.41, 5.74) is 3.38. The number of amides is 1. The summed E-state index contributed by atoms with van der Waals surface area (Å²) in [6, 6.07) is 15.4. The molecule has 0 fully saturated rings. The van der Waals surface area contributed by atoms with Crippen LogP contribution in [0.5, 0.6) is 5.75 Å². The van der Waals surface area contributed by atoms with Gasteiger partial charge in [0.2, 0.25) is 0 Å². The number of fused-ring (bicyclic) bond motifs is 1. The Morgan fingerprint density at radius 3 is 2.63 bits per heavy atom. The Morgan fingerprint density at radius 1 is 1.11 bits per heavy atom. The lowest BCUT2D eigenvalue weighted by molar-refractivity contribution is -0.110. The van der Waals surface area contributed by atoms with Crippen LogP contribution in [0.25, 0.3) is 11.6 Å². The van der Waals surface area contributed by atoms with Crippen molar-refractivity contribution in [3.05, 3.63) is 59.7 Å². The van der Waals surface area contributed by atoms with Gasteiger partial charge in [0, 0.05) is 16.8 Å². The van der Waals surface area contributed by atoms with Crippen LogP contribution >= 0.6 is 0 Å². The summed E-state index contributed by atoms with van der Waals surface area (Å²) in [5, 5.41) is 2.86. The fourth-order valence-electron chi connectivity index (χ4n) is 2.15. The number of carbonyl (C=O) groups excluding carboxylic acids is 1. The molecule has 0 radical (unpaired) electrons. The highest BCUT2D eigenvalue weighted by Gasteiger charge is 2.24. The van der Waals surface area contributed by atoms with Crippen molar-refractivity contribution in [3.63, 3.8) is 0 Å². The lowest BCUT2D eigenvalue weighted by Crippen LogP contribution is -2.03. The standard InChI is InChI=1S/C16H13NO2/c1-19-12-7-8-15-13(10-12)14(16(18)17-15)9-11-5-3-2-4-6-11/h2-10H,1H3,(H,17,18)/b14-9+. The summed E-state index contributed by atoms with van der Waals surface area (Å²) in [7, 11) is 1.62. The normalized spacial score (nSPS) is 15.2. The summed E-state index contributed by atoms with van der Waals surface area (Å²) in [5.74, 6) is 0.668. The second-order valence-electron chi connectivity index (χ2n) is 4.33. The molecule has 3 heteroatoms. The Bertz CT molecular complexity index is 660. The third kappa shape index (κ3) is 2.10. The van der Waals surface area contributed by atoms with E-state index in [0.29, 0.717) is 5.57 Å². The van der Waals surface area contributed by atoms with Crippen LogP contribution in [-0.2, 0) is 4.79 Å². The van der Waals surface area contributed by atoms with Gasteiger partial charge in [0.05, 0.1) is 7.11 Å². The third-order valence-corrected chi connectivity index (χ3v) is 3.12. The van der Waals surface area contributed by atoms with Crippen molar-refractivity contribution < 1.29 is 9.53 Å². The molecule has 19 heavy (non-hydrogen) atoms. The van der Waals surface area contributed by atoms with Crippen molar-refractivity contribution in [1.82, 2.24) is 0 Å². The first-order chi connectivity index (χ1) is 9.28. The van der Waals surface area contributed by atoms with Crippen molar-refractivity contribution in [3.8, 4) is 5.75 Å². The van der Waals surface area contributed by atoms with Gasteiger partial charge in [-0.1, -0.05) is 30.3 Å². The van der Waals surface area contributed by atoms with E-state index in [1.165, 1.54) is 0 Å². The molecule has 1 aliphatic heterocycles. The van der Waals surface area contributed by atoms with E-state index in [9.17, 15) is 4.79 Å². The Balaban J connectivity index is 2.09. The number of anilines is 1. The summed E-state index contributed by atoms with van der Waals surface area (Å²) in [6.45, 7) is 0. The van der Waals surface area contributed by atoms with Crippen molar-refractivity contribution >= 4 is 23.2 Å². The fourth-order valence-corrected chi connectivity index (χ4v) is 2.15. The molecule has 1 amide bonds. The van der Waals surface area contributed by atoms with Gasteiger partial charge in [-0.2, -0.15) is 0 Å². The average Bonchev–Trinajstić information content (AvgIpc) is 2.76. The van der Waals surface area contributed by atoms with E-state index in [1.54, 1.807) is 7.11 Å². The average molecular weight is 251 g/mol. The minimum Gasteiger partial charge on any atom is -0.497 e. The van der Waals surface area contributed by atoms with E-state index < -0.39 is 0 Å². The highest BCUT2D eigenvalue weighted by molar-refractivity contribution is 6.35. The zero-order chi connectivity index (χ0) is 13.2. The van der Waals surface area contributed by atoms with Gasteiger partial charge in [-0.25, -0.2) is 0 Å². The smallest absolute Gasteiger partial charge is 0.256 e. The largest absolute Gasteiger partial charge is 0.497 e. The molecule has 94 valence electrons. The molecular formula is C16H13NO2. The lowest BCUT2D eigenvalue weighted by Gasteiger charge is -2.03. The molecule has 1 N–H and O–H groups in total. The van der Waals surface area contributed by atoms with Crippen LogP contribution in [0.2, 0.25) is 0 Å². The number of hydrogen-bond acceptors (Lipinski definition) is 2. The summed E-state index contributed by atoms with van der Waals surface area (Å²) < 4.78 is 5.21. The number of methoxy groups -OCH3 is 1. The van der Waals surface area contributed by atoms with Gasteiger partial charge in [-0.15, -0.1) is 0 Å². The van der Waals surface area contributed by atoms with E-state index in [1.807, 2.05) is 54.6 Å². The van der Waals surface area contributed by atoms with Crippen LogP contribution in [0.4, 0.5) is 5.69 Å². The summed E-state index contributed by atoms with van der Waals surface area (Å²) >= 11 is 0. The molecule has 3 rings (SSSR count). The highest BCUT2D eigenvalue weighted by Crippen LogP contribution is 2.35.